The summed E-state index contributed by atoms with van der Waals surface area (Å²) in [5.41, 5.74) is 5.21. The van der Waals surface area contributed by atoms with Crippen LogP contribution in [0, 0.1) is 0 Å². The number of methoxy groups -OCH3 is 1. The zero-order valence-corrected chi connectivity index (χ0v) is 19.9. The van der Waals surface area contributed by atoms with Gasteiger partial charge in [-0.2, -0.15) is 0 Å². The van der Waals surface area contributed by atoms with Gasteiger partial charge in [-0.25, -0.2) is 4.79 Å². The summed E-state index contributed by atoms with van der Waals surface area (Å²) >= 11 is 0. The maximum Gasteiger partial charge on any atom is 0.322 e. The lowest BCUT2D eigenvalue weighted by Crippen LogP contribution is -2.45. The van der Waals surface area contributed by atoms with E-state index in [9.17, 15) is 9.59 Å². The van der Waals surface area contributed by atoms with E-state index in [1.165, 1.54) is 11.1 Å². The maximum absolute atomic E-state index is 13.2. The number of fused-ring (bicyclic) bond motifs is 1. The molecule has 0 aromatic heterocycles. The Bertz CT molecular complexity index is 1010. The Kier molecular flexibility index (Phi) is 7.05. The van der Waals surface area contributed by atoms with Crippen molar-refractivity contribution in [3.8, 4) is 0 Å². The Morgan fingerprint density at radius 2 is 1.79 bits per heavy atom. The molecular formula is C25H33BN4O3. The van der Waals surface area contributed by atoms with Gasteiger partial charge in [0.15, 0.2) is 0 Å². The predicted octanol–water partition coefficient (Wildman–Crippen LogP) is 1.62. The highest BCUT2D eigenvalue weighted by Gasteiger charge is 2.40. The molecule has 2 N–H and O–H groups in total. The van der Waals surface area contributed by atoms with E-state index in [0.717, 1.165) is 30.5 Å². The minimum Gasteiger partial charge on any atom is -0.380 e. The van der Waals surface area contributed by atoms with E-state index in [4.69, 9.17) is 4.74 Å². The van der Waals surface area contributed by atoms with Crippen LogP contribution in [0.3, 0.4) is 0 Å². The van der Waals surface area contributed by atoms with E-state index in [0.29, 0.717) is 24.7 Å². The molecule has 2 aromatic rings. The number of nitrogens with one attached hydrogen (secondary N) is 2. The van der Waals surface area contributed by atoms with Gasteiger partial charge >= 0.3 is 6.03 Å². The first-order valence-electron chi connectivity index (χ1n) is 11.6. The van der Waals surface area contributed by atoms with Crippen molar-refractivity contribution >= 4 is 36.6 Å². The lowest BCUT2D eigenvalue weighted by atomic mass is 9.96. The zero-order valence-electron chi connectivity index (χ0n) is 19.9. The van der Waals surface area contributed by atoms with E-state index in [1.807, 2.05) is 38.2 Å². The summed E-state index contributed by atoms with van der Waals surface area (Å²) < 4.78 is 5.49. The van der Waals surface area contributed by atoms with Gasteiger partial charge in [0.1, 0.15) is 13.9 Å². The molecule has 0 saturated carbocycles. The molecule has 0 bridgehead atoms. The fourth-order valence-electron chi connectivity index (χ4n) is 4.63. The van der Waals surface area contributed by atoms with Gasteiger partial charge in [-0.15, -0.1) is 0 Å². The van der Waals surface area contributed by atoms with E-state index in [1.54, 1.807) is 12.0 Å². The van der Waals surface area contributed by atoms with Crippen molar-refractivity contribution in [1.29, 1.82) is 0 Å². The van der Waals surface area contributed by atoms with Crippen LogP contribution in [-0.2, 0) is 22.4 Å². The van der Waals surface area contributed by atoms with Crippen LogP contribution in [0.1, 0.15) is 24.5 Å². The molecule has 8 heteroatoms. The van der Waals surface area contributed by atoms with Crippen LogP contribution >= 0.6 is 0 Å². The van der Waals surface area contributed by atoms with Crippen molar-refractivity contribution in [2.24, 2.45) is 0 Å². The summed E-state index contributed by atoms with van der Waals surface area (Å²) in [6.45, 7) is 3.64. The highest BCUT2D eigenvalue weighted by atomic mass is 16.5. The normalized spacial score (nSPS) is 23.0. The van der Waals surface area contributed by atoms with Crippen molar-refractivity contribution < 1.29 is 14.3 Å². The Morgan fingerprint density at radius 1 is 1.06 bits per heavy atom. The average Bonchev–Trinajstić information content (AvgIpc) is 3.19. The van der Waals surface area contributed by atoms with E-state index < -0.39 is 6.04 Å². The first-order valence-corrected chi connectivity index (χ1v) is 11.6. The molecule has 3 unspecified atom stereocenters. The van der Waals surface area contributed by atoms with Crippen LogP contribution in [0.25, 0.3) is 0 Å². The Morgan fingerprint density at radius 3 is 2.52 bits per heavy atom. The fourth-order valence-corrected chi connectivity index (χ4v) is 4.63. The lowest BCUT2D eigenvalue weighted by Gasteiger charge is -2.24. The first kappa shape index (κ1) is 23.3. The van der Waals surface area contributed by atoms with Crippen LogP contribution in [0.4, 0.5) is 16.2 Å². The molecule has 2 heterocycles. The van der Waals surface area contributed by atoms with Gasteiger partial charge in [0.25, 0.3) is 0 Å². The standard InChI is InChI=1S/C25H33BN4O3/c1-16-12-18-13-21(7-4-17(18)10-11-29(16)2)27-24(31)23-14-22(33-3)15-30(23)25(32)28-20-8-5-19(26)6-9-20/h4-9,13,16,22-23H,10-12,14-15,26H2,1-3H3,(H,27,31)(H,28,32). The third-order valence-corrected chi connectivity index (χ3v) is 6.94. The molecule has 4 rings (SSSR count). The smallest absolute Gasteiger partial charge is 0.322 e. The molecule has 174 valence electrons. The average molecular weight is 448 g/mol. The van der Waals surface area contributed by atoms with Crippen LogP contribution in [-0.4, -0.2) is 75.0 Å². The molecule has 33 heavy (non-hydrogen) atoms. The number of hydrogen-bond donors (Lipinski definition) is 2. The number of amides is 3. The van der Waals surface area contributed by atoms with Crippen LogP contribution in [0.5, 0.6) is 0 Å². The molecule has 7 nitrogen and oxygen atoms in total. The van der Waals surface area contributed by atoms with E-state index in [-0.39, 0.29) is 18.0 Å². The summed E-state index contributed by atoms with van der Waals surface area (Å²) in [4.78, 5) is 30.2. The van der Waals surface area contributed by atoms with Gasteiger partial charge in [0.05, 0.1) is 6.10 Å². The zero-order chi connectivity index (χ0) is 23.5. The minimum atomic E-state index is -0.593. The summed E-state index contributed by atoms with van der Waals surface area (Å²) in [7, 11) is 5.77. The Balaban J connectivity index is 1.47. The second-order valence-corrected chi connectivity index (χ2v) is 9.31. The monoisotopic (exact) mass is 448 g/mol. The first-order chi connectivity index (χ1) is 15.8. The number of nitrogens with zero attached hydrogens (tertiary/aromatic N) is 2. The van der Waals surface area contributed by atoms with E-state index >= 15 is 0 Å². The molecule has 1 fully saturated rings. The number of anilines is 2. The summed E-state index contributed by atoms with van der Waals surface area (Å²) in [6, 6.07) is 13.3. The number of likely N-dealkylation sites (tertiary alicyclic amines) is 1. The third kappa shape index (κ3) is 5.39. The number of likely N-dealkylation sites (N-methyl/N-ethyl adjacent to an activating group) is 1. The Labute approximate surface area is 196 Å². The second-order valence-electron chi connectivity index (χ2n) is 9.31. The van der Waals surface area contributed by atoms with Gasteiger partial charge in [0.2, 0.25) is 5.91 Å². The lowest BCUT2D eigenvalue weighted by molar-refractivity contribution is -0.119. The van der Waals surface area contributed by atoms with Crippen molar-refractivity contribution in [3.05, 3.63) is 53.6 Å². The fraction of sp³-hybridized carbons (Fsp3) is 0.440. The molecule has 2 aromatic carbocycles. The highest BCUT2D eigenvalue weighted by molar-refractivity contribution is 6.32. The minimum absolute atomic E-state index is 0.173. The quantitative estimate of drug-likeness (QED) is 0.698. The summed E-state index contributed by atoms with van der Waals surface area (Å²) in [5.74, 6) is -0.188. The molecule has 1 saturated heterocycles. The molecule has 0 radical (unpaired) electrons. The summed E-state index contributed by atoms with van der Waals surface area (Å²) in [6.07, 6.45) is 2.26. The van der Waals surface area contributed by atoms with Gasteiger partial charge in [-0.1, -0.05) is 23.7 Å². The molecular weight excluding hydrogens is 415 g/mol. The molecule has 0 aliphatic carbocycles. The third-order valence-electron chi connectivity index (χ3n) is 6.94. The van der Waals surface area contributed by atoms with Crippen LogP contribution < -0.4 is 16.1 Å². The van der Waals surface area contributed by atoms with Gasteiger partial charge in [-0.3, -0.25) is 4.79 Å². The second kappa shape index (κ2) is 9.97. The number of benzene rings is 2. The van der Waals surface area contributed by atoms with Gasteiger partial charge in [-0.05, 0) is 62.2 Å². The van der Waals surface area contributed by atoms with Crippen molar-refractivity contribution in [2.75, 3.05) is 37.9 Å². The van der Waals surface area contributed by atoms with E-state index in [2.05, 4.69) is 41.6 Å². The van der Waals surface area contributed by atoms with Gasteiger partial charge in [0, 0.05) is 44.0 Å². The number of ether oxygens (including phenoxy) is 1. The van der Waals surface area contributed by atoms with Crippen molar-refractivity contribution in [1.82, 2.24) is 9.80 Å². The molecule has 3 amide bonds. The maximum atomic E-state index is 13.2. The number of rotatable bonds is 4. The van der Waals surface area contributed by atoms with Gasteiger partial charge < -0.3 is 25.2 Å². The van der Waals surface area contributed by atoms with Crippen LogP contribution in [0.15, 0.2) is 42.5 Å². The molecule has 0 spiro atoms. The molecule has 2 aliphatic heterocycles. The number of carbonyl (C=O) groups is 2. The molecule has 2 aliphatic rings. The van der Waals surface area contributed by atoms with Crippen molar-refractivity contribution in [2.45, 2.75) is 44.4 Å². The SMILES string of the molecule is Bc1ccc(NC(=O)N2CC(OC)CC2C(=O)Nc2ccc3c(c2)CC(C)N(C)CC3)cc1. The number of hydrogen-bond acceptors (Lipinski definition) is 4. The molecule has 3 atom stereocenters. The summed E-state index contributed by atoms with van der Waals surface area (Å²) in [5, 5.41) is 5.96. The Hall–Kier alpha value is -2.84. The van der Waals surface area contributed by atoms with Crippen LogP contribution in [0.2, 0.25) is 0 Å². The topological polar surface area (TPSA) is 73.9 Å². The highest BCUT2D eigenvalue weighted by Crippen LogP contribution is 2.26. The largest absolute Gasteiger partial charge is 0.380 e. The number of urea groups is 1. The predicted molar refractivity (Wildman–Crippen MR) is 134 cm³/mol. The number of carbonyl (C=O) groups excluding carboxylic acids is 2. The van der Waals surface area contributed by atoms with Crippen molar-refractivity contribution in [3.63, 3.8) is 0 Å².